The van der Waals surface area contributed by atoms with E-state index in [1.165, 1.54) is 12.1 Å². The number of benzene rings is 1. The topological polar surface area (TPSA) is 66.8 Å². The Morgan fingerprint density at radius 3 is 2.26 bits per heavy atom. The van der Waals surface area contributed by atoms with E-state index in [-0.39, 0.29) is 12.0 Å². The third-order valence-corrected chi connectivity index (χ3v) is 2.66. The fourth-order valence-corrected chi connectivity index (χ4v) is 1.56. The van der Waals surface area contributed by atoms with Crippen LogP contribution in [0.4, 0.5) is 8.78 Å². The summed E-state index contributed by atoms with van der Waals surface area (Å²) in [6.45, 7) is 0. The van der Waals surface area contributed by atoms with Gasteiger partial charge in [-0.1, -0.05) is 24.3 Å². The van der Waals surface area contributed by atoms with Crippen LogP contribution in [0.1, 0.15) is 11.1 Å². The van der Waals surface area contributed by atoms with Crippen molar-refractivity contribution >= 4 is 12.0 Å². The Labute approximate surface area is 108 Å². The van der Waals surface area contributed by atoms with E-state index in [0.717, 1.165) is 26.3 Å². The summed E-state index contributed by atoms with van der Waals surface area (Å²) in [6.07, 6.45) is -0.247. The molecule has 7 heteroatoms. The number of hydrogen-bond donors (Lipinski definition) is 1. The zero-order valence-corrected chi connectivity index (χ0v) is 10.4. The van der Waals surface area contributed by atoms with E-state index in [2.05, 4.69) is 4.84 Å². The van der Waals surface area contributed by atoms with Gasteiger partial charge < -0.3 is 5.11 Å². The van der Waals surface area contributed by atoms with Crippen LogP contribution in [0, 0.1) is 0 Å². The number of rotatable bonds is 6. The van der Waals surface area contributed by atoms with Crippen molar-refractivity contribution in [3.63, 3.8) is 0 Å². The lowest BCUT2D eigenvalue weighted by molar-refractivity contribution is -0.239. The van der Waals surface area contributed by atoms with Gasteiger partial charge in [-0.15, -0.1) is 5.06 Å². The first-order chi connectivity index (χ1) is 8.82. The van der Waals surface area contributed by atoms with Crippen LogP contribution in [-0.4, -0.2) is 36.3 Å². The second-order valence-corrected chi connectivity index (χ2v) is 3.84. The largest absolute Gasteiger partial charge is 0.481 e. The van der Waals surface area contributed by atoms with Crippen LogP contribution in [0.15, 0.2) is 24.3 Å². The summed E-state index contributed by atoms with van der Waals surface area (Å²) < 4.78 is 27.3. The highest BCUT2D eigenvalue weighted by atomic mass is 19.2. The number of alkyl halides is 1. The average molecular weight is 273 g/mol. The molecule has 0 aliphatic rings. The number of carbonyl (C=O) groups excluding carboxylic acids is 1. The van der Waals surface area contributed by atoms with Crippen LogP contribution in [0.25, 0.3) is 0 Å². The third kappa shape index (κ3) is 3.12. The number of carboxylic acids is 1. The highest BCUT2D eigenvalue weighted by Crippen LogP contribution is 2.31. The number of likely N-dealkylation sites (N-methyl/N-ethyl adjacent to an activating group) is 1. The highest BCUT2D eigenvalue weighted by molar-refractivity contribution is 5.79. The number of hydrogen-bond acceptors (Lipinski definition) is 4. The molecule has 1 aromatic rings. The molecule has 0 amide bonds. The monoisotopic (exact) mass is 273 g/mol. The van der Waals surface area contributed by atoms with Crippen LogP contribution in [0.5, 0.6) is 0 Å². The molecular weight excluding hydrogens is 260 g/mol. The van der Waals surface area contributed by atoms with Crippen LogP contribution >= 0.6 is 0 Å². The number of carbonyl (C=O) groups is 2. The molecule has 0 radical (unpaired) electrons. The maximum atomic E-state index is 14.4. The average Bonchev–Trinajstić information content (AvgIpc) is 2.36. The first-order valence-corrected chi connectivity index (χ1v) is 5.30. The Kier molecular flexibility index (Phi) is 4.68. The Bertz CT molecular complexity index is 477. The predicted molar refractivity (Wildman–Crippen MR) is 61.5 cm³/mol. The minimum atomic E-state index is -3.06. The molecule has 5 nitrogen and oxygen atoms in total. The van der Waals surface area contributed by atoms with E-state index in [9.17, 15) is 18.4 Å². The molecule has 1 unspecified atom stereocenters. The molecule has 19 heavy (non-hydrogen) atoms. The predicted octanol–water partition coefficient (Wildman–Crippen LogP) is 1.43. The molecular formula is C12H13F2NO4. The van der Waals surface area contributed by atoms with Gasteiger partial charge in [-0.2, -0.15) is 4.39 Å². The van der Waals surface area contributed by atoms with E-state index in [1.807, 2.05) is 0 Å². The first-order valence-electron chi connectivity index (χ1n) is 5.30. The summed E-state index contributed by atoms with van der Waals surface area (Å²) in [5, 5.41) is 9.04. The van der Waals surface area contributed by atoms with Gasteiger partial charge in [0.15, 0.2) is 0 Å². The number of nitrogens with zero attached hydrogens (tertiary/aromatic N) is 1. The number of hydroxylamine groups is 2. The molecule has 0 aliphatic carbocycles. The molecule has 0 aliphatic heterocycles. The Balaban J connectivity index is 3.12. The van der Waals surface area contributed by atoms with E-state index in [0.29, 0.717) is 10.6 Å². The summed E-state index contributed by atoms with van der Waals surface area (Å²) in [7, 11) is 2.17. The van der Waals surface area contributed by atoms with Crippen molar-refractivity contribution in [2.75, 3.05) is 14.2 Å². The molecule has 0 heterocycles. The normalized spacial score (nSPS) is 14.2. The van der Waals surface area contributed by atoms with Crippen molar-refractivity contribution in [3.05, 3.63) is 35.4 Å². The fraction of sp³-hybridized carbons (Fsp3) is 0.333. The van der Waals surface area contributed by atoms with Crippen molar-refractivity contribution in [1.82, 2.24) is 5.06 Å². The van der Waals surface area contributed by atoms with Crippen LogP contribution in [0.3, 0.4) is 0 Å². The van der Waals surface area contributed by atoms with Gasteiger partial charge in [0.2, 0.25) is 0 Å². The van der Waals surface area contributed by atoms with Gasteiger partial charge >= 0.3 is 17.8 Å². The number of carboxylic acid groups (broad SMARTS) is 1. The van der Waals surface area contributed by atoms with E-state index < -0.39 is 17.8 Å². The molecule has 1 atom stereocenters. The lowest BCUT2D eigenvalue weighted by atomic mass is 10.0. The Morgan fingerprint density at radius 1 is 1.37 bits per heavy atom. The van der Waals surface area contributed by atoms with Gasteiger partial charge in [-0.3, -0.25) is 14.4 Å². The molecule has 0 spiro atoms. The quantitative estimate of drug-likeness (QED) is 0.482. The summed E-state index contributed by atoms with van der Waals surface area (Å²) in [6, 6.07) is 2.69. The minimum absolute atomic E-state index is 0.247. The van der Waals surface area contributed by atoms with Gasteiger partial charge in [-0.25, -0.2) is 4.39 Å². The molecule has 0 saturated heterocycles. The van der Waals surface area contributed by atoms with Crippen molar-refractivity contribution in [2.45, 2.75) is 12.2 Å². The van der Waals surface area contributed by atoms with E-state index in [4.69, 9.17) is 5.11 Å². The second-order valence-electron chi connectivity index (χ2n) is 3.84. The minimum Gasteiger partial charge on any atom is -0.481 e. The molecule has 104 valence electrons. The zero-order valence-electron chi connectivity index (χ0n) is 10.4. The van der Waals surface area contributed by atoms with Crippen LogP contribution in [0.2, 0.25) is 0 Å². The van der Waals surface area contributed by atoms with Gasteiger partial charge in [0, 0.05) is 12.6 Å². The molecule has 1 N–H and O–H groups in total. The maximum absolute atomic E-state index is 14.4. The van der Waals surface area contributed by atoms with Crippen LogP contribution < -0.4 is 0 Å². The Morgan fingerprint density at radius 2 is 1.89 bits per heavy atom. The summed E-state index contributed by atoms with van der Waals surface area (Å²) in [5.41, 5.74) is 0.128. The van der Waals surface area contributed by atoms with Crippen molar-refractivity contribution in [3.8, 4) is 0 Å². The van der Waals surface area contributed by atoms with Gasteiger partial charge in [0.25, 0.3) is 0 Å². The standard InChI is InChI=1S/C12H13F2NO4/c1-15(19-2)12(14,11(13)18)9-5-3-8(4-6-9)7-10(16)17/h3-6H,7H2,1-2H3,(H,16,17). The highest BCUT2D eigenvalue weighted by Gasteiger charge is 2.46. The van der Waals surface area contributed by atoms with Gasteiger partial charge in [0.05, 0.1) is 13.5 Å². The fourth-order valence-electron chi connectivity index (χ4n) is 1.56. The summed E-state index contributed by atoms with van der Waals surface area (Å²) in [4.78, 5) is 25.9. The summed E-state index contributed by atoms with van der Waals surface area (Å²) >= 11 is 0. The smallest absolute Gasteiger partial charge is 0.360 e. The molecule has 0 saturated carbocycles. The third-order valence-electron chi connectivity index (χ3n) is 2.66. The lowest BCUT2D eigenvalue weighted by Crippen LogP contribution is -2.44. The second kappa shape index (κ2) is 5.85. The number of aliphatic carboxylic acids is 1. The van der Waals surface area contributed by atoms with Gasteiger partial charge in [0.1, 0.15) is 0 Å². The Hall–Kier alpha value is -1.86. The molecule has 0 bridgehead atoms. The van der Waals surface area contributed by atoms with Crippen molar-refractivity contribution in [2.24, 2.45) is 0 Å². The zero-order chi connectivity index (χ0) is 14.6. The molecule has 1 aromatic carbocycles. The molecule has 0 fully saturated rings. The van der Waals surface area contributed by atoms with E-state index >= 15 is 0 Å². The molecule has 0 aromatic heterocycles. The maximum Gasteiger partial charge on any atom is 0.360 e. The lowest BCUT2D eigenvalue weighted by Gasteiger charge is -2.28. The number of halogens is 2. The molecule has 1 rings (SSSR count). The van der Waals surface area contributed by atoms with Crippen molar-refractivity contribution < 1.29 is 28.3 Å². The van der Waals surface area contributed by atoms with Gasteiger partial charge in [-0.05, 0) is 5.56 Å². The van der Waals surface area contributed by atoms with Crippen molar-refractivity contribution in [1.29, 1.82) is 0 Å². The first kappa shape index (κ1) is 15.2. The SMILES string of the molecule is CON(C)C(F)(C(=O)F)c1ccc(CC(=O)O)cc1. The summed E-state index contributed by atoms with van der Waals surface area (Å²) in [5.74, 6) is -4.11. The van der Waals surface area contributed by atoms with E-state index in [1.54, 1.807) is 0 Å². The van der Waals surface area contributed by atoms with Crippen LogP contribution in [-0.2, 0) is 26.6 Å².